The number of carbonyl (C=O) groups is 1. The van der Waals surface area contributed by atoms with Gasteiger partial charge in [-0.25, -0.2) is 0 Å². The van der Waals surface area contributed by atoms with Crippen LogP contribution in [0.5, 0.6) is 0 Å². The van der Waals surface area contributed by atoms with Gasteiger partial charge in [0.15, 0.2) is 0 Å². The molecule has 0 saturated carbocycles. The number of benzene rings is 2. The van der Waals surface area contributed by atoms with Crippen LogP contribution in [0.4, 0.5) is 5.69 Å². The van der Waals surface area contributed by atoms with Gasteiger partial charge in [0.2, 0.25) is 5.78 Å². The van der Waals surface area contributed by atoms with Gasteiger partial charge in [-0.15, -0.1) is 5.54 Å². The predicted octanol–water partition coefficient (Wildman–Crippen LogP) is 4.06. The lowest BCUT2D eigenvalue weighted by Crippen LogP contribution is -2.17. The van der Waals surface area contributed by atoms with Gasteiger partial charge in [-0.05, 0) is 30.2 Å². The normalized spacial score (nSPS) is 10.0. The zero-order valence-electron chi connectivity index (χ0n) is 14.3. The number of nitrogens with zero attached hydrogens (tertiary/aromatic N) is 1. The van der Waals surface area contributed by atoms with E-state index in [1.165, 1.54) is 12.1 Å². The number of nitro groups is 1. The van der Waals surface area contributed by atoms with Crippen molar-refractivity contribution in [2.45, 2.75) is 19.6 Å². The summed E-state index contributed by atoms with van der Waals surface area (Å²) in [5.74, 6) is 8.38. The maximum atomic E-state index is 12.3. The first-order valence-corrected chi connectivity index (χ1v) is 11.2. The second-order valence-electron chi connectivity index (χ2n) is 6.43. The van der Waals surface area contributed by atoms with Crippen molar-refractivity contribution in [3.05, 3.63) is 75.3 Å². The molecule has 25 heavy (non-hydrogen) atoms. The van der Waals surface area contributed by atoms with Crippen molar-refractivity contribution in [1.82, 2.24) is 0 Å². The third kappa shape index (κ3) is 5.45. The second kappa shape index (κ2) is 7.61. The summed E-state index contributed by atoms with van der Waals surface area (Å²) in [5, 5.41) is 10.7. The molecule has 0 aliphatic carbocycles. The predicted molar refractivity (Wildman–Crippen MR) is 101 cm³/mol. The van der Waals surface area contributed by atoms with Gasteiger partial charge < -0.3 is 0 Å². The highest BCUT2D eigenvalue weighted by Gasteiger charge is 2.11. The molecule has 5 heteroatoms. The van der Waals surface area contributed by atoms with Crippen LogP contribution < -0.4 is 0 Å². The van der Waals surface area contributed by atoms with E-state index in [0.717, 1.165) is 0 Å². The number of nitro benzene ring substituents is 1. The summed E-state index contributed by atoms with van der Waals surface area (Å²) in [4.78, 5) is 22.6. The van der Waals surface area contributed by atoms with Gasteiger partial charge in [0.1, 0.15) is 8.07 Å². The van der Waals surface area contributed by atoms with E-state index in [-0.39, 0.29) is 11.5 Å². The molecule has 2 aromatic rings. The molecule has 0 atom stereocenters. The van der Waals surface area contributed by atoms with Crippen molar-refractivity contribution in [2.24, 2.45) is 0 Å². The zero-order valence-corrected chi connectivity index (χ0v) is 15.3. The molecule has 0 aliphatic rings. The van der Waals surface area contributed by atoms with Gasteiger partial charge in [0.05, 0.1) is 4.92 Å². The Morgan fingerprint density at radius 3 is 2.24 bits per heavy atom. The second-order valence-corrected chi connectivity index (χ2v) is 11.2. The lowest BCUT2D eigenvalue weighted by atomic mass is 10.0. The van der Waals surface area contributed by atoms with Crippen LogP contribution in [0, 0.1) is 33.4 Å². The first kappa shape index (κ1) is 18.2. The van der Waals surface area contributed by atoms with Crippen molar-refractivity contribution >= 4 is 19.5 Å². The summed E-state index contributed by atoms with van der Waals surface area (Å²) >= 11 is 0. The Balaban J connectivity index is 2.31. The molecule has 0 radical (unpaired) electrons. The minimum Gasteiger partial charge on any atom is -0.279 e. The van der Waals surface area contributed by atoms with Crippen LogP contribution in [-0.2, 0) is 0 Å². The molecule has 0 aliphatic heterocycles. The van der Waals surface area contributed by atoms with Crippen LogP contribution in [0.3, 0.4) is 0 Å². The van der Waals surface area contributed by atoms with E-state index in [1.54, 1.807) is 30.3 Å². The lowest BCUT2D eigenvalue weighted by molar-refractivity contribution is -0.384. The van der Waals surface area contributed by atoms with Crippen LogP contribution in [0.1, 0.15) is 21.5 Å². The highest BCUT2D eigenvalue weighted by Crippen LogP contribution is 2.12. The highest BCUT2D eigenvalue weighted by molar-refractivity contribution is 6.84. The number of carbonyl (C=O) groups excluding carboxylic acids is 1. The first-order valence-electron chi connectivity index (χ1n) is 7.69. The summed E-state index contributed by atoms with van der Waals surface area (Å²) < 4.78 is 0. The standard InChI is InChI=1S/C20H17NO3Si/c1-25(2,3)15-14-20(22)19-7-5-4-6-17(19)11-8-16-9-12-18(13-10-16)21(23)24/h4-7,9-10,12-13H,1-3H3. The largest absolute Gasteiger partial charge is 0.279 e. The number of hydrogen-bond acceptors (Lipinski definition) is 3. The van der Waals surface area contributed by atoms with Crippen LogP contribution in [0.25, 0.3) is 0 Å². The van der Waals surface area contributed by atoms with Gasteiger partial charge in [0.25, 0.3) is 5.69 Å². The van der Waals surface area contributed by atoms with Gasteiger partial charge in [-0.1, -0.05) is 43.6 Å². The molecule has 4 nitrogen and oxygen atoms in total. The molecule has 0 fully saturated rings. The van der Waals surface area contributed by atoms with E-state index in [1.807, 2.05) is 6.07 Å². The Morgan fingerprint density at radius 2 is 1.64 bits per heavy atom. The molecule has 0 heterocycles. The Hall–Kier alpha value is -3.15. The monoisotopic (exact) mass is 347 g/mol. The zero-order chi connectivity index (χ0) is 18.4. The summed E-state index contributed by atoms with van der Waals surface area (Å²) in [6, 6.07) is 13.0. The molecular formula is C20H17NO3Si. The SMILES string of the molecule is C[Si](C)(C)C#CC(=O)c1ccccc1C#Cc1ccc([N+](=O)[O-])cc1. The summed E-state index contributed by atoms with van der Waals surface area (Å²) in [6.07, 6.45) is 0. The summed E-state index contributed by atoms with van der Waals surface area (Å²) in [7, 11) is -1.63. The Labute approximate surface area is 148 Å². The van der Waals surface area contributed by atoms with E-state index >= 15 is 0 Å². The third-order valence-electron chi connectivity index (χ3n) is 3.14. The molecule has 0 N–H and O–H groups in total. The minimum absolute atomic E-state index is 0.0164. The molecule has 0 unspecified atom stereocenters. The quantitative estimate of drug-likeness (QED) is 0.271. The topological polar surface area (TPSA) is 60.2 Å². The van der Waals surface area contributed by atoms with E-state index in [4.69, 9.17) is 0 Å². The van der Waals surface area contributed by atoms with Gasteiger partial charge in [0, 0.05) is 28.8 Å². The molecule has 0 spiro atoms. The summed E-state index contributed by atoms with van der Waals surface area (Å²) in [5.41, 5.74) is 4.79. The third-order valence-corrected chi connectivity index (χ3v) is 4.02. The molecule has 0 aromatic heterocycles. The van der Waals surface area contributed by atoms with E-state index in [2.05, 4.69) is 42.9 Å². The fourth-order valence-corrected chi connectivity index (χ4v) is 2.40. The minimum atomic E-state index is -1.63. The maximum absolute atomic E-state index is 12.3. The van der Waals surface area contributed by atoms with Crippen LogP contribution in [0.15, 0.2) is 48.5 Å². The average molecular weight is 347 g/mol. The van der Waals surface area contributed by atoms with Gasteiger partial charge >= 0.3 is 0 Å². The highest BCUT2D eigenvalue weighted by atomic mass is 28.3. The van der Waals surface area contributed by atoms with Crippen molar-refractivity contribution in [3.8, 4) is 23.3 Å². The Bertz CT molecular complexity index is 933. The van der Waals surface area contributed by atoms with Gasteiger partial charge in [-0.2, -0.15) is 0 Å². The van der Waals surface area contributed by atoms with Crippen LogP contribution >= 0.6 is 0 Å². The molecular weight excluding hydrogens is 330 g/mol. The lowest BCUT2D eigenvalue weighted by Gasteiger charge is -2.03. The molecule has 0 amide bonds. The van der Waals surface area contributed by atoms with Crippen molar-refractivity contribution in [3.63, 3.8) is 0 Å². The smallest absolute Gasteiger partial charge is 0.269 e. The first-order chi connectivity index (χ1) is 11.8. The fraction of sp³-hybridized carbons (Fsp3) is 0.150. The Morgan fingerprint density at radius 1 is 1.00 bits per heavy atom. The molecule has 0 bridgehead atoms. The number of rotatable bonds is 2. The Kier molecular flexibility index (Phi) is 5.54. The van der Waals surface area contributed by atoms with Crippen molar-refractivity contribution in [1.29, 1.82) is 0 Å². The van der Waals surface area contributed by atoms with Crippen molar-refractivity contribution < 1.29 is 9.72 Å². The molecule has 2 rings (SSSR count). The van der Waals surface area contributed by atoms with E-state index in [0.29, 0.717) is 16.7 Å². The molecule has 2 aromatic carbocycles. The summed E-state index contributed by atoms with van der Waals surface area (Å²) in [6.45, 7) is 6.23. The average Bonchev–Trinajstić information content (AvgIpc) is 2.58. The van der Waals surface area contributed by atoms with E-state index < -0.39 is 13.0 Å². The van der Waals surface area contributed by atoms with E-state index in [9.17, 15) is 14.9 Å². The maximum Gasteiger partial charge on any atom is 0.269 e. The number of hydrogen-bond donors (Lipinski definition) is 0. The van der Waals surface area contributed by atoms with Crippen molar-refractivity contribution in [2.75, 3.05) is 0 Å². The molecule has 0 saturated heterocycles. The van der Waals surface area contributed by atoms with Crippen LogP contribution in [0.2, 0.25) is 19.6 Å². The van der Waals surface area contributed by atoms with Gasteiger partial charge in [-0.3, -0.25) is 14.9 Å². The molecule has 124 valence electrons. The number of ketones is 1. The number of non-ortho nitro benzene ring substituents is 1. The fourth-order valence-electron chi connectivity index (χ4n) is 1.91. The van der Waals surface area contributed by atoms with Crippen LogP contribution in [-0.4, -0.2) is 18.8 Å². The number of Topliss-reactive ketones (excluding diaryl/α,β-unsaturated/α-hetero) is 1.